The molecule has 1 amide bonds. The van der Waals surface area contributed by atoms with Crippen LogP contribution in [0.5, 0.6) is 17.2 Å². The van der Waals surface area contributed by atoms with E-state index in [0.29, 0.717) is 36.9 Å². The maximum Gasteiger partial charge on any atom is 0.234 e. The number of carbonyl (C=O) groups excluding carboxylic acids is 1. The van der Waals surface area contributed by atoms with Gasteiger partial charge in [-0.3, -0.25) is 4.79 Å². The third kappa shape index (κ3) is 5.42. The number of benzene rings is 1. The highest BCUT2D eigenvalue weighted by Gasteiger charge is 2.13. The number of rotatable bonds is 10. The van der Waals surface area contributed by atoms with Crippen LogP contribution in [0, 0.1) is 0 Å². The zero-order valence-electron chi connectivity index (χ0n) is 13.5. The van der Waals surface area contributed by atoms with E-state index in [4.69, 9.17) is 18.9 Å². The van der Waals surface area contributed by atoms with Crippen molar-refractivity contribution in [1.82, 2.24) is 10.6 Å². The molecule has 0 aromatic heterocycles. The molecule has 0 aliphatic heterocycles. The summed E-state index contributed by atoms with van der Waals surface area (Å²) in [6.45, 7) is 1.82. The minimum Gasteiger partial charge on any atom is -0.493 e. The third-order valence-electron chi connectivity index (χ3n) is 2.98. The van der Waals surface area contributed by atoms with Gasteiger partial charge < -0.3 is 29.6 Å². The minimum atomic E-state index is -0.0927. The number of hydrogen-bond donors (Lipinski definition) is 2. The Kier molecular flexibility index (Phi) is 8.09. The fourth-order valence-electron chi connectivity index (χ4n) is 1.88. The molecule has 1 aromatic rings. The molecular weight excluding hydrogens is 288 g/mol. The van der Waals surface area contributed by atoms with Gasteiger partial charge in [0.15, 0.2) is 11.5 Å². The van der Waals surface area contributed by atoms with E-state index in [1.807, 2.05) is 0 Å². The SMILES string of the molecule is COCCNCC(=O)NCc1cc(OC)c(OC)c(OC)c1. The molecule has 0 aliphatic rings. The van der Waals surface area contributed by atoms with Crippen LogP contribution in [0.1, 0.15) is 5.56 Å². The number of ether oxygens (including phenoxy) is 4. The highest BCUT2D eigenvalue weighted by Crippen LogP contribution is 2.38. The van der Waals surface area contributed by atoms with Gasteiger partial charge in [0.1, 0.15) is 0 Å². The minimum absolute atomic E-state index is 0.0927. The Bertz CT molecular complexity index is 454. The van der Waals surface area contributed by atoms with E-state index in [2.05, 4.69) is 10.6 Å². The first kappa shape index (κ1) is 18.1. The third-order valence-corrected chi connectivity index (χ3v) is 2.98. The highest BCUT2D eigenvalue weighted by atomic mass is 16.5. The van der Waals surface area contributed by atoms with E-state index in [1.165, 1.54) is 0 Å². The number of hydrogen-bond acceptors (Lipinski definition) is 6. The van der Waals surface area contributed by atoms with Crippen LogP contribution >= 0.6 is 0 Å². The maximum atomic E-state index is 11.7. The number of carbonyl (C=O) groups is 1. The molecule has 0 atom stereocenters. The normalized spacial score (nSPS) is 10.2. The van der Waals surface area contributed by atoms with Crippen LogP contribution in [-0.2, 0) is 16.1 Å². The summed E-state index contributed by atoms with van der Waals surface area (Å²) in [5, 5.41) is 5.80. The predicted molar refractivity (Wildman–Crippen MR) is 82.7 cm³/mol. The summed E-state index contributed by atoms with van der Waals surface area (Å²) in [6.07, 6.45) is 0. The van der Waals surface area contributed by atoms with E-state index in [9.17, 15) is 4.79 Å². The molecule has 1 rings (SSSR count). The van der Waals surface area contributed by atoms with Gasteiger partial charge in [-0.1, -0.05) is 0 Å². The lowest BCUT2D eigenvalue weighted by atomic mass is 10.1. The summed E-state index contributed by atoms with van der Waals surface area (Å²) in [5.74, 6) is 1.56. The molecule has 22 heavy (non-hydrogen) atoms. The Balaban J connectivity index is 2.60. The molecule has 7 nitrogen and oxygen atoms in total. The van der Waals surface area contributed by atoms with Gasteiger partial charge in [-0.25, -0.2) is 0 Å². The van der Waals surface area contributed by atoms with Crippen LogP contribution in [0.25, 0.3) is 0 Å². The molecule has 0 unspecified atom stereocenters. The fraction of sp³-hybridized carbons (Fsp3) is 0.533. The van der Waals surface area contributed by atoms with Crippen molar-refractivity contribution in [3.63, 3.8) is 0 Å². The number of amides is 1. The molecule has 0 radical (unpaired) electrons. The average Bonchev–Trinajstić information content (AvgIpc) is 2.55. The van der Waals surface area contributed by atoms with Crippen LogP contribution < -0.4 is 24.8 Å². The fourth-order valence-corrected chi connectivity index (χ4v) is 1.88. The van der Waals surface area contributed by atoms with Crippen LogP contribution in [-0.4, -0.2) is 54.0 Å². The van der Waals surface area contributed by atoms with Crippen LogP contribution in [0.3, 0.4) is 0 Å². The Hall–Kier alpha value is -1.99. The van der Waals surface area contributed by atoms with Gasteiger partial charge in [-0.05, 0) is 17.7 Å². The maximum absolute atomic E-state index is 11.7. The topological polar surface area (TPSA) is 78.1 Å². The first-order chi connectivity index (χ1) is 10.7. The summed E-state index contributed by atoms with van der Waals surface area (Å²) in [4.78, 5) is 11.7. The first-order valence-corrected chi connectivity index (χ1v) is 6.91. The highest BCUT2D eigenvalue weighted by molar-refractivity contribution is 5.78. The van der Waals surface area contributed by atoms with Gasteiger partial charge in [0.2, 0.25) is 11.7 Å². The first-order valence-electron chi connectivity index (χ1n) is 6.91. The quantitative estimate of drug-likeness (QED) is 0.615. The molecule has 2 N–H and O–H groups in total. The monoisotopic (exact) mass is 312 g/mol. The van der Waals surface area contributed by atoms with Gasteiger partial charge in [0.05, 0.1) is 34.5 Å². The molecule has 0 heterocycles. The zero-order valence-corrected chi connectivity index (χ0v) is 13.5. The Labute approximate surface area is 130 Å². The molecule has 0 bridgehead atoms. The second-order valence-electron chi connectivity index (χ2n) is 4.48. The van der Waals surface area contributed by atoms with Crippen LogP contribution in [0.15, 0.2) is 12.1 Å². The summed E-state index contributed by atoms with van der Waals surface area (Å²) in [7, 11) is 6.28. The summed E-state index contributed by atoms with van der Waals surface area (Å²) in [5.41, 5.74) is 0.861. The summed E-state index contributed by atoms with van der Waals surface area (Å²) < 4.78 is 20.7. The molecule has 124 valence electrons. The molecule has 0 spiro atoms. The molecule has 7 heteroatoms. The molecule has 0 fully saturated rings. The molecule has 1 aromatic carbocycles. The Morgan fingerprint density at radius 3 is 2.18 bits per heavy atom. The lowest BCUT2D eigenvalue weighted by Gasteiger charge is -2.14. The Morgan fingerprint density at radius 2 is 1.68 bits per heavy atom. The average molecular weight is 312 g/mol. The van der Waals surface area contributed by atoms with Gasteiger partial charge in [0.25, 0.3) is 0 Å². The van der Waals surface area contributed by atoms with E-state index >= 15 is 0 Å². The standard InChI is InChI=1S/C15H24N2O5/c1-19-6-5-16-10-14(18)17-9-11-7-12(20-2)15(22-4)13(8-11)21-3/h7-8,16H,5-6,9-10H2,1-4H3,(H,17,18). The van der Waals surface area contributed by atoms with E-state index < -0.39 is 0 Å². The van der Waals surface area contributed by atoms with Crippen molar-refractivity contribution in [2.24, 2.45) is 0 Å². The van der Waals surface area contributed by atoms with E-state index in [-0.39, 0.29) is 12.5 Å². The molecule has 0 saturated heterocycles. The lowest BCUT2D eigenvalue weighted by Crippen LogP contribution is -2.34. The second-order valence-corrected chi connectivity index (χ2v) is 4.48. The Morgan fingerprint density at radius 1 is 1.05 bits per heavy atom. The van der Waals surface area contributed by atoms with Crippen LogP contribution in [0.2, 0.25) is 0 Å². The van der Waals surface area contributed by atoms with Crippen molar-refractivity contribution in [1.29, 1.82) is 0 Å². The smallest absolute Gasteiger partial charge is 0.234 e. The van der Waals surface area contributed by atoms with Gasteiger partial charge >= 0.3 is 0 Å². The molecule has 0 saturated carbocycles. The summed E-state index contributed by atoms with van der Waals surface area (Å²) in [6, 6.07) is 3.61. The lowest BCUT2D eigenvalue weighted by molar-refractivity contribution is -0.120. The van der Waals surface area contributed by atoms with E-state index in [1.54, 1.807) is 40.6 Å². The van der Waals surface area contributed by atoms with Crippen molar-refractivity contribution >= 4 is 5.91 Å². The van der Waals surface area contributed by atoms with Crippen molar-refractivity contribution in [2.75, 3.05) is 48.1 Å². The van der Waals surface area contributed by atoms with Gasteiger partial charge in [0, 0.05) is 20.2 Å². The van der Waals surface area contributed by atoms with Gasteiger partial charge in [-0.15, -0.1) is 0 Å². The predicted octanol–water partition coefficient (Wildman–Crippen LogP) is 0.565. The van der Waals surface area contributed by atoms with Crippen molar-refractivity contribution in [2.45, 2.75) is 6.54 Å². The zero-order chi connectivity index (χ0) is 16.4. The number of nitrogens with one attached hydrogen (secondary N) is 2. The summed E-state index contributed by atoms with van der Waals surface area (Å²) >= 11 is 0. The molecule has 0 aliphatic carbocycles. The van der Waals surface area contributed by atoms with Crippen LogP contribution in [0.4, 0.5) is 0 Å². The number of methoxy groups -OCH3 is 4. The molecular formula is C15H24N2O5. The van der Waals surface area contributed by atoms with Gasteiger partial charge in [-0.2, -0.15) is 0 Å². The largest absolute Gasteiger partial charge is 0.493 e. The van der Waals surface area contributed by atoms with E-state index in [0.717, 1.165) is 5.56 Å². The van der Waals surface area contributed by atoms with Crippen molar-refractivity contribution < 1.29 is 23.7 Å². The van der Waals surface area contributed by atoms with Crippen molar-refractivity contribution in [3.8, 4) is 17.2 Å². The second kappa shape index (κ2) is 9.86. The van der Waals surface area contributed by atoms with Crippen molar-refractivity contribution in [3.05, 3.63) is 17.7 Å².